The van der Waals surface area contributed by atoms with Crippen LogP contribution in [0.25, 0.3) is 0 Å². The van der Waals surface area contributed by atoms with Crippen molar-refractivity contribution in [2.24, 2.45) is 0 Å². The average Bonchev–Trinajstić information content (AvgIpc) is 3.30. The van der Waals surface area contributed by atoms with Gasteiger partial charge in [0.15, 0.2) is 0 Å². The molecule has 2 fully saturated rings. The van der Waals surface area contributed by atoms with Gasteiger partial charge in [0.2, 0.25) is 0 Å². The lowest BCUT2D eigenvalue weighted by atomic mass is 10.1. The molecule has 2 aliphatic rings. The van der Waals surface area contributed by atoms with E-state index in [1.807, 2.05) is 0 Å². The maximum absolute atomic E-state index is 10.6. The second-order valence-corrected chi connectivity index (χ2v) is 9.67. The van der Waals surface area contributed by atoms with E-state index in [0.29, 0.717) is 12.1 Å². The molecule has 11 nitrogen and oxygen atoms in total. The van der Waals surface area contributed by atoms with Gasteiger partial charge in [0.05, 0.1) is 19.8 Å². The van der Waals surface area contributed by atoms with Gasteiger partial charge in [-0.05, 0) is 38.2 Å². The summed E-state index contributed by atoms with van der Waals surface area (Å²) < 4.78 is 107. The number of alkyl halides is 9. The number of likely N-dealkylation sites (N-methyl/N-ethyl adjacent to an activating group) is 1. The van der Waals surface area contributed by atoms with Crippen LogP contribution < -0.4 is 4.74 Å². The molecule has 0 unspecified atom stereocenters. The first-order valence-electron chi connectivity index (χ1n) is 12.7. The summed E-state index contributed by atoms with van der Waals surface area (Å²) in [7, 11) is 5.90. The Hall–Kier alpha value is -3.36. The minimum atomic E-state index is -5.08. The summed E-state index contributed by atoms with van der Waals surface area (Å²) in [5, 5.41) is 21.4. The Morgan fingerprint density at radius 1 is 0.822 bits per heavy atom. The quantitative estimate of drug-likeness (QED) is 0.367. The molecule has 2 atom stereocenters. The molecular weight excluding hydrogens is 641 g/mol. The molecule has 45 heavy (non-hydrogen) atoms. The van der Waals surface area contributed by atoms with E-state index in [-0.39, 0.29) is 0 Å². The first kappa shape index (κ1) is 41.6. The van der Waals surface area contributed by atoms with Crippen molar-refractivity contribution in [1.29, 1.82) is 0 Å². The third kappa shape index (κ3) is 18.3. The van der Waals surface area contributed by atoms with E-state index in [1.165, 1.54) is 12.0 Å². The highest BCUT2D eigenvalue weighted by molar-refractivity contribution is 5.73. The Labute approximate surface area is 251 Å². The van der Waals surface area contributed by atoms with Gasteiger partial charge < -0.3 is 29.7 Å². The summed E-state index contributed by atoms with van der Waals surface area (Å²) in [6.07, 6.45) is -13.7. The second kappa shape index (κ2) is 18.6. The van der Waals surface area contributed by atoms with Crippen LogP contribution in [0.4, 0.5) is 39.5 Å². The lowest BCUT2D eigenvalue weighted by Crippen LogP contribution is -2.49. The zero-order valence-corrected chi connectivity index (χ0v) is 24.2. The van der Waals surface area contributed by atoms with E-state index in [1.54, 1.807) is 7.11 Å². The van der Waals surface area contributed by atoms with Crippen molar-refractivity contribution in [1.82, 2.24) is 14.7 Å². The number of aliphatic carboxylic acids is 3. The van der Waals surface area contributed by atoms with Crippen LogP contribution in [0.1, 0.15) is 12.0 Å². The third-order valence-corrected chi connectivity index (χ3v) is 5.85. The maximum Gasteiger partial charge on any atom is 0.490 e. The number of halogens is 9. The van der Waals surface area contributed by atoms with Gasteiger partial charge in [0.1, 0.15) is 5.75 Å². The summed E-state index contributed by atoms with van der Waals surface area (Å²) in [5.74, 6) is -7.34. The van der Waals surface area contributed by atoms with Crippen molar-refractivity contribution >= 4 is 17.9 Å². The normalized spacial score (nSPS) is 18.7. The van der Waals surface area contributed by atoms with E-state index >= 15 is 0 Å². The molecule has 0 spiro atoms. The Morgan fingerprint density at radius 2 is 1.27 bits per heavy atom. The number of hydrogen-bond acceptors (Lipinski definition) is 8. The summed E-state index contributed by atoms with van der Waals surface area (Å²) in [6, 6.07) is 9.10. The van der Waals surface area contributed by atoms with Crippen molar-refractivity contribution in [3.63, 3.8) is 0 Å². The van der Waals surface area contributed by atoms with Crippen LogP contribution in [0.5, 0.6) is 5.75 Å². The van der Waals surface area contributed by atoms with Gasteiger partial charge in [0.25, 0.3) is 0 Å². The number of piperazine rings is 1. The monoisotopic (exact) mass is 675 g/mol. The third-order valence-electron chi connectivity index (χ3n) is 5.85. The Kier molecular flexibility index (Phi) is 17.2. The summed E-state index contributed by atoms with van der Waals surface area (Å²) in [4.78, 5) is 34.1. The van der Waals surface area contributed by atoms with Crippen LogP contribution in [0.15, 0.2) is 24.3 Å². The van der Waals surface area contributed by atoms with Crippen molar-refractivity contribution in [3.05, 3.63) is 29.8 Å². The zero-order valence-electron chi connectivity index (χ0n) is 24.2. The van der Waals surface area contributed by atoms with Crippen LogP contribution in [0.2, 0.25) is 0 Å². The summed E-state index contributed by atoms with van der Waals surface area (Å²) >= 11 is 0. The lowest BCUT2D eigenvalue weighted by Gasteiger charge is -2.37. The van der Waals surface area contributed by atoms with Gasteiger partial charge >= 0.3 is 36.4 Å². The van der Waals surface area contributed by atoms with Gasteiger partial charge in [0, 0.05) is 45.3 Å². The SMILES string of the molecule is COc1ccc(CN2CCN3C[C@H](OCCN(C)C)C[C@H]3C2)cc1.O=C(O)C(F)(F)F.O=C(O)C(F)(F)F.O=C(O)C(F)(F)F. The number of hydrogen-bond donors (Lipinski definition) is 3. The number of carbonyl (C=O) groups is 3. The smallest absolute Gasteiger partial charge is 0.490 e. The topological polar surface area (TPSA) is 140 Å². The Bertz CT molecular complexity index is 995. The van der Waals surface area contributed by atoms with Crippen LogP contribution in [0.3, 0.4) is 0 Å². The fourth-order valence-electron chi connectivity index (χ4n) is 3.72. The van der Waals surface area contributed by atoms with Gasteiger partial charge in [-0.1, -0.05) is 12.1 Å². The molecule has 3 N–H and O–H groups in total. The predicted octanol–water partition coefficient (Wildman–Crippen LogP) is 3.43. The highest BCUT2D eigenvalue weighted by atomic mass is 19.4. The highest BCUT2D eigenvalue weighted by Crippen LogP contribution is 2.25. The summed E-state index contributed by atoms with van der Waals surface area (Å²) in [6.45, 7) is 7.44. The van der Waals surface area contributed by atoms with Gasteiger partial charge in [-0.15, -0.1) is 0 Å². The number of methoxy groups -OCH3 is 1. The first-order valence-corrected chi connectivity index (χ1v) is 12.7. The largest absolute Gasteiger partial charge is 0.497 e. The molecule has 3 rings (SSSR count). The molecular formula is C25H34F9N3O8. The molecule has 0 aromatic heterocycles. The molecule has 0 saturated carbocycles. The molecule has 0 bridgehead atoms. The Morgan fingerprint density at radius 3 is 1.64 bits per heavy atom. The first-order chi connectivity index (χ1) is 20.5. The molecule has 2 heterocycles. The highest BCUT2D eigenvalue weighted by Gasteiger charge is 2.39. The minimum absolute atomic E-state index is 0.413. The van der Waals surface area contributed by atoms with Gasteiger partial charge in [-0.3, -0.25) is 9.80 Å². The number of benzene rings is 1. The Balaban J connectivity index is 0.000000753. The fourth-order valence-corrected chi connectivity index (χ4v) is 3.72. The zero-order chi connectivity index (χ0) is 35.2. The van der Waals surface area contributed by atoms with Crippen LogP contribution >= 0.6 is 0 Å². The van der Waals surface area contributed by atoms with E-state index in [0.717, 1.165) is 51.6 Å². The number of ether oxygens (including phenoxy) is 2. The van der Waals surface area contributed by atoms with Crippen LogP contribution in [0, 0.1) is 0 Å². The number of carboxylic acids is 3. The van der Waals surface area contributed by atoms with E-state index in [4.69, 9.17) is 39.2 Å². The summed E-state index contributed by atoms with van der Waals surface area (Å²) in [5.41, 5.74) is 1.36. The number of rotatable bonds is 7. The molecule has 1 aromatic rings. The number of nitrogens with zero attached hydrogens (tertiary/aromatic N) is 3. The maximum atomic E-state index is 10.6. The predicted molar refractivity (Wildman–Crippen MR) is 138 cm³/mol. The van der Waals surface area contributed by atoms with Crippen molar-refractivity contribution in [2.45, 2.75) is 43.6 Å². The van der Waals surface area contributed by atoms with Crippen LogP contribution in [-0.4, -0.2) is 139 Å². The minimum Gasteiger partial charge on any atom is -0.497 e. The molecule has 0 amide bonds. The molecule has 20 heteroatoms. The molecule has 2 aliphatic heterocycles. The van der Waals surface area contributed by atoms with Crippen molar-refractivity contribution < 1.29 is 78.7 Å². The number of fused-ring (bicyclic) bond motifs is 1. The van der Waals surface area contributed by atoms with Crippen molar-refractivity contribution in [2.75, 3.05) is 60.5 Å². The molecule has 260 valence electrons. The van der Waals surface area contributed by atoms with Gasteiger partial charge in [-0.2, -0.15) is 39.5 Å². The standard InChI is InChI=1S/C19H31N3O2.3C2HF3O2/c1-20(2)10-11-24-19-12-17-14-21(8-9-22(17)15-19)13-16-4-6-18(23-3)7-5-16;3*3-2(4,5)1(6)7/h4-7,17,19H,8-15H2,1-3H3;3*(H,6,7)/t17-,19+;;;/m0.../s1. The molecule has 0 aliphatic carbocycles. The molecule has 2 saturated heterocycles. The van der Waals surface area contributed by atoms with E-state index < -0.39 is 36.4 Å². The van der Waals surface area contributed by atoms with Gasteiger partial charge in [-0.25, -0.2) is 14.4 Å². The fraction of sp³-hybridized carbons (Fsp3) is 0.640. The second-order valence-electron chi connectivity index (χ2n) is 9.67. The molecule has 0 radical (unpaired) electrons. The number of carboxylic acid groups (broad SMARTS) is 3. The average molecular weight is 676 g/mol. The van der Waals surface area contributed by atoms with E-state index in [9.17, 15) is 39.5 Å². The van der Waals surface area contributed by atoms with Crippen molar-refractivity contribution in [3.8, 4) is 5.75 Å². The molecule has 1 aromatic carbocycles. The van der Waals surface area contributed by atoms with Crippen LogP contribution in [-0.2, 0) is 25.7 Å². The lowest BCUT2D eigenvalue weighted by molar-refractivity contribution is -0.193. The van der Waals surface area contributed by atoms with E-state index in [2.05, 4.69) is 53.1 Å².